The fraction of sp³-hybridized carbons (Fsp3) is 0.471. The lowest BCUT2D eigenvalue weighted by molar-refractivity contribution is 0.0487. The van der Waals surface area contributed by atoms with Crippen LogP contribution in [0.5, 0.6) is 0 Å². The first-order chi connectivity index (χ1) is 34.1. The lowest BCUT2D eigenvalue weighted by Gasteiger charge is -2.31. The lowest BCUT2D eigenvalue weighted by Crippen LogP contribution is -2.44. The molecule has 16 nitrogen and oxygen atoms in total. The molecule has 74 heavy (non-hydrogen) atoms. The minimum Gasteiger partial charge on any atom is -0.444 e. The maximum Gasteiger partial charge on any atom is 0.419 e. The molecule has 4 aromatic heterocycles. The Hall–Kier alpha value is -5.96. The predicted octanol–water partition coefficient (Wildman–Crippen LogP) is 13.0. The molecule has 2 aliphatic rings. The molecule has 0 unspecified atom stereocenters. The van der Waals surface area contributed by atoms with Gasteiger partial charge in [-0.25, -0.2) is 61.0 Å². The Kier molecular flexibility index (Phi) is 17.7. The van der Waals surface area contributed by atoms with Crippen LogP contribution in [-0.4, -0.2) is 88.3 Å². The van der Waals surface area contributed by atoms with Gasteiger partial charge in [-0.2, -0.15) is 0 Å². The SMILES string of the molecule is CC(C)(C)OC(=O)N[C@@H]1CCC[C@H](Nc2nc(-c3cn(C(=O)OC(C)(C)C)c4c(F)cc(Cl)cc34)ncc2F)C1.CC(C)(C)OC(=O)n1cc(-c2ncc(F)c(N[C@H]3CCC[C@@H](N)C3)n2)c2cc(Cl)cc(F)c21.Cl. The number of nitrogens with one attached hydrogen (secondary N) is 3. The highest BCUT2D eigenvalue weighted by Gasteiger charge is 2.30. The number of aromatic nitrogens is 6. The number of carbonyl (C=O) groups is 3. The van der Waals surface area contributed by atoms with Gasteiger partial charge in [0.1, 0.15) is 28.4 Å². The van der Waals surface area contributed by atoms with Gasteiger partial charge in [-0.15, -0.1) is 12.4 Å². The lowest BCUT2D eigenvalue weighted by atomic mass is 9.91. The van der Waals surface area contributed by atoms with Gasteiger partial charge in [0.2, 0.25) is 0 Å². The van der Waals surface area contributed by atoms with Gasteiger partial charge in [0.25, 0.3) is 0 Å². The van der Waals surface area contributed by atoms with Gasteiger partial charge in [0, 0.05) is 68.5 Å². The van der Waals surface area contributed by atoms with Gasteiger partial charge >= 0.3 is 18.3 Å². The number of nitrogens with two attached hydrogens (primary N) is 1. The number of benzene rings is 2. The molecule has 2 aliphatic carbocycles. The number of anilines is 2. The van der Waals surface area contributed by atoms with Crippen LogP contribution in [0.3, 0.4) is 0 Å². The molecule has 1 amide bonds. The summed E-state index contributed by atoms with van der Waals surface area (Å²) in [7, 11) is 0. The second-order valence-electron chi connectivity index (χ2n) is 21.3. The van der Waals surface area contributed by atoms with Gasteiger partial charge in [-0.1, -0.05) is 23.2 Å². The van der Waals surface area contributed by atoms with Crippen LogP contribution in [0.2, 0.25) is 10.0 Å². The smallest absolute Gasteiger partial charge is 0.419 e. The fourth-order valence-electron chi connectivity index (χ4n) is 8.69. The minimum atomic E-state index is -0.823. The van der Waals surface area contributed by atoms with Crippen molar-refractivity contribution >= 4 is 87.3 Å². The Labute approximate surface area is 442 Å². The van der Waals surface area contributed by atoms with Crippen molar-refractivity contribution in [1.82, 2.24) is 34.4 Å². The number of hydrogen-bond acceptors (Lipinski definition) is 13. The molecule has 0 bridgehead atoms. The number of nitrogens with zero attached hydrogens (tertiary/aromatic N) is 6. The molecule has 6 aromatic rings. The van der Waals surface area contributed by atoms with Crippen molar-refractivity contribution < 1.29 is 46.2 Å². The van der Waals surface area contributed by atoms with Crippen molar-refractivity contribution in [2.45, 2.75) is 155 Å². The van der Waals surface area contributed by atoms with E-state index < -0.39 is 58.4 Å². The van der Waals surface area contributed by atoms with Gasteiger partial charge in [0.15, 0.2) is 34.9 Å². The van der Waals surface area contributed by atoms with E-state index in [9.17, 15) is 27.6 Å². The van der Waals surface area contributed by atoms with Crippen LogP contribution in [0, 0.1) is 23.3 Å². The van der Waals surface area contributed by atoms with Gasteiger partial charge in [-0.3, -0.25) is 0 Å². The van der Waals surface area contributed by atoms with E-state index in [0.29, 0.717) is 23.8 Å². The van der Waals surface area contributed by atoms with Crippen LogP contribution in [-0.2, 0) is 14.2 Å². The summed E-state index contributed by atoms with van der Waals surface area (Å²) in [4.78, 5) is 54.9. The number of alkyl carbamates (subject to hydrolysis) is 1. The molecule has 4 atom stereocenters. The van der Waals surface area contributed by atoms with E-state index in [1.165, 1.54) is 24.5 Å². The third kappa shape index (κ3) is 14.5. The summed E-state index contributed by atoms with van der Waals surface area (Å²) < 4.78 is 77.6. The van der Waals surface area contributed by atoms with Crippen molar-refractivity contribution in [2.75, 3.05) is 10.6 Å². The molecule has 0 radical (unpaired) electrons. The maximum absolute atomic E-state index is 15.0. The molecule has 0 aliphatic heterocycles. The van der Waals surface area contributed by atoms with Crippen LogP contribution < -0.4 is 21.7 Å². The van der Waals surface area contributed by atoms with E-state index in [-0.39, 0.29) is 91.9 Å². The second kappa shape index (κ2) is 22.9. The first-order valence-electron chi connectivity index (χ1n) is 23.9. The molecule has 2 saturated carbocycles. The van der Waals surface area contributed by atoms with Crippen LogP contribution >= 0.6 is 35.6 Å². The summed E-state index contributed by atoms with van der Waals surface area (Å²) in [5.41, 5.74) is 4.33. The summed E-state index contributed by atoms with van der Waals surface area (Å²) in [6, 6.07) is 4.92. The summed E-state index contributed by atoms with van der Waals surface area (Å²) >= 11 is 12.2. The van der Waals surface area contributed by atoms with Crippen molar-refractivity contribution in [1.29, 1.82) is 0 Å². The van der Waals surface area contributed by atoms with Crippen LogP contribution in [0.4, 0.5) is 43.6 Å². The highest BCUT2D eigenvalue weighted by atomic mass is 35.5. The van der Waals surface area contributed by atoms with Crippen molar-refractivity contribution in [3.05, 3.63) is 82.4 Å². The number of rotatable bonds is 7. The minimum absolute atomic E-state index is 0. The Bertz CT molecular complexity index is 3050. The van der Waals surface area contributed by atoms with E-state index in [0.717, 1.165) is 72.2 Å². The molecule has 0 saturated heterocycles. The Morgan fingerprint density at radius 2 is 1.01 bits per heavy atom. The quantitative estimate of drug-likeness (QED) is 0.0869. The van der Waals surface area contributed by atoms with E-state index >= 15 is 4.39 Å². The Morgan fingerprint density at radius 1 is 0.608 bits per heavy atom. The van der Waals surface area contributed by atoms with Crippen molar-refractivity contribution in [2.24, 2.45) is 5.73 Å². The summed E-state index contributed by atoms with van der Waals surface area (Å²) in [6.45, 7) is 15.6. The van der Waals surface area contributed by atoms with E-state index in [1.54, 1.807) is 62.3 Å². The molecule has 23 heteroatoms. The molecule has 2 fully saturated rings. The average molecular weight is 1090 g/mol. The van der Waals surface area contributed by atoms with Gasteiger partial charge < -0.3 is 35.9 Å². The number of fused-ring (bicyclic) bond motifs is 2. The molecule has 4 heterocycles. The number of halogens is 7. The normalized spacial score (nSPS) is 18.2. The first kappa shape index (κ1) is 57.3. The molecular formula is C51H61Cl3F4N10O6. The fourth-order valence-corrected chi connectivity index (χ4v) is 9.10. The number of hydrogen-bond donors (Lipinski definition) is 4. The Morgan fingerprint density at radius 3 is 1.43 bits per heavy atom. The number of ether oxygens (including phenoxy) is 3. The molecule has 2 aromatic carbocycles. The molecule has 400 valence electrons. The zero-order chi connectivity index (χ0) is 53.3. The van der Waals surface area contributed by atoms with Crippen LogP contribution in [0.1, 0.15) is 114 Å². The number of carbonyl (C=O) groups excluding carboxylic acids is 3. The highest BCUT2D eigenvalue weighted by Crippen LogP contribution is 2.37. The maximum atomic E-state index is 15.0. The van der Waals surface area contributed by atoms with Crippen molar-refractivity contribution in [3.63, 3.8) is 0 Å². The third-order valence-electron chi connectivity index (χ3n) is 11.6. The zero-order valence-corrected chi connectivity index (χ0v) is 44.8. The van der Waals surface area contributed by atoms with E-state index in [1.807, 2.05) is 0 Å². The first-order valence-corrected chi connectivity index (χ1v) is 24.7. The van der Waals surface area contributed by atoms with E-state index in [4.69, 9.17) is 43.1 Å². The van der Waals surface area contributed by atoms with Crippen LogP contribution in [0.25, 0.3) is 44.6 Å². The van der Waals surface area contributed by atoms with Crippen molar-refractivity contribution in [3.8, 4) is 22.8 Å². The zero-order valence-electron chi connectivity index (χ0n) is 42.5. The van der Waals surface area contributed by atoms with Gasteiger partial charge in [-0.05, 0) is 138 Å². The molecule has 5 N–H and O–H groups in total. The predicted molar refractivity (Wildman–Crippen MR) is 279 cm³/mol. The van der Waals surface area contributed by atoms with Crippen LogP contribution in [0.15, 0.2) is 49.1 Å². The monoisotopic (exact) mass is 1090 g/mol. The summed E-state index contributed by atoms with van der Waals surface area (Å²) in [5, 5.41) is 9.95. The molecule has 8 rings (SSSR count). The van der Waals surface area contributed by atoms with E-state index in [2.05, 4.69) is 35.9 Å². The number of amides is 1. The third-order valence-corrected chi connectivity index (χ3v) is 12.0. The largest absolute Gasteiger partial charge is 0.444 e. The summed E-state index contributed by atoms with van der Waals surface area (Å²) in [5.74, 6) is -2.56. The molecule has 0 spiro atoms. The second-order valence-corrected chi connectivity index (χ2v) is 22.1. The highest BCUT2D eigenvalue weighted by molar-refractivity contribution is 6.32. The standard InChI is InChI=1S/C28H34ClF2N5O4.C23H26ClF2N5O2.ClH/c1-27(2,3)39-25(37)34-17-9-7-8-16(12-17)33-24-21(31)13-32-23(35-24)19-14-36(26(38)40-28(4,5)6)22-18(19)10-15(29)11-20(22)30;1-23(2,3)33-22(32)31-11-16(15-7-12(24)8-17(25)19(15)31)20-28-10-18(26)21(30-20)29-14-6-4-5-13(27)9-14;/h10-11,13-14,16-17H,7-9,12H2,1-6H3,(H,34,37)(H,32,33,35);7-8,10-11,13-14H,4-6,9,27H2,1-3H3,(H,28,29,30);1H/t16-,17+;13-,14+;/m01./s1. The molecular weight excluding hydrogens is 1030 g/mol. The van der Waals surface area contributed by atoms with Gasteiger partial charge in [0.05, 0.1) is 23.4 Å². The summed E-state index contributed by atoms with van der Waals surface area (Å²) in [6.07, 6.45) is 9.03. The average Bonchev–Trinajstić information content (AvgIpc) is 3.84. The topological polar surface area (TPSA) is 202 Å². The Balaban J connectivity index is 0.000000242.